The fourth-order valence-electron chi connectivity index (χ4n) is 7.27. The molecular formula is C47H64F2N10O10. The van der Waals surface area contributed by atoms with E-state index in [0.29, 0.717) is 5.69 Å². The molecule has 0 saturated heterocycles. The summed E-state index contributed by atoms with van der Waals surface area (Å²) in [5.41, 5.74) is 6.09. The number of halogens is 2. The van der Waals surface area contributed by atoms with Crippen LogP contribution in [0.15, 0.2) is 60.8 Å². The Morgan fingerprint density at radius 3 is 2.00 bits per heavy atom. The van der Waals surface area contributed by atoms with Crippen LogP contribution in [0, 0.1) is 17.0 Å². The second-order valence-corrected chi connectivity index (χ2v) is 17.4. The summed E-state index contributed by atoms with van der Waals surface area (Å²) in [4.78, 5) is 117. The van der Waals surface area contributed by atoms with Crippen LogP contribution >= 0.6 is 0 Å². The van der Waals surface area contributed by atoms with Gasteiger partial charge in [-0.2, -0.15) is 0 Å². The Kier molecular flexibility index (Phi) is 21.4. The summed E-state index contributed by atoms with van der Waals surface area (Å²) >= 11 is 0. The zero-order chi connectivity index (χ0) is 51.6. The largest absolute Gasteiger partial charge is 0.387 e. The lowest BCUT2D eigenvalue weighted by Crippen LogP contribution is -2.58. The third-order valence-corrected chi connectivity index (χ3v) is 10.6. The summed E-state index contributed by atoms with van der Waals surface area (Å²) in [6, 6.07) is 7.32. The number of nitrogens with two attached hydrogens (primary N) is 1. The molecule has 1 aromatic heterocycles. The molecule has 20 nitrogen and oxygen atoms in total. The molecule has 5 atom stereocenters. The van der Waals surface area contributed by atoms with Crippen LogP contribution < -0.4 is 43.0 Å². The molecule has 22 heteroatoms. The van der Waals surface area contributed by atoms with Gasteiger partial charge in [0.15, 0.2) is 0 Å². The molecule has 0 radical (unpaired) electrons. The predicted octanol–water partition coefficient (Wildman–Crippen LogP) is 0.413. The Labute approximate surface area is 399 Å². The number of carbonyl (C=O) groups excluding carboxylic acids is 9. The summed E-state index contributed by atoms with van der Waals surface area (Å²) in [6.07, 6.45) is 0.657. The van der Waals surface area contributed by atoms with Gasteiger partial charge in [0.2, 0.25) is 53.2 Å². The van der Waals surface area contributed by atoms with Crippen LogP contribution in [0.2, 0.25) is 0 Å². The molecule has 10 N–H and O–H groups in total. The number of hydrogen-bond acceptors (Lipinski definition) is 10. The van der Waals surface area contributed by atoms with Crippen molar-refractivity contribution >= 4 is 53.2 Å². The molecule has 3 aromatic rings. The number of nitrogens with zero attached hydrogens (tertiary/aromatic N) is 2. The van der Waals surface area contributed by atoms with Crippen molar-refractivity contribution < 1.29 is 57.0 Å². The molecule has 0 spiro atoms. The van der Waals surface area contributed by atoms with Crippen LogP contribution in [-0.4, -0.2) is 125 Å². The van der Waals surface area contributed by atoms with Crippen LogP contribution in [-0.2, 0) is 49.7 Å². The maximum absolute atomic E-state index is 15.3. The summed E-state index contributed by atoms with van der Waals surface area (Å²) in [5.74, 6) is -8.21. The van der Waals surface area contributed by atoms with E-state index in [0.717, 1.165) is 23.8 Å². The SMILES string of the molecule is CCC(=O)NCC(=O)NCCNC(=O)[C@H](CCN(C(=O)CO)[C@@H](c1cc(-c2cc(F)ccc2F)cn1Cc1ccccc1)C(C)(C)C)NC(=O)[C@H](CC(N)=O)NC(=O)[C@H](C)NC(=O)[C@H](C)NC(C)=O. The summed E-state index contributed by atoms with van der Waals surface area (Å²) < 4.78 is 31.6. The first-order valence-corrected chi connectivity index (χ1v) is 22.3. The minimum atomic E-state index is -1.70. The van der Waals surface area contributed by atoms with Gasteiger partial charge in [0, 0.05) is 62.5 Å². The minimum Gasteiger partial charge on any atom is -0.387 e. The molecule has 376 valence electrons. The monoisotopic (exact) mass is 966 g/mol. The number of aromatic nitrogens is 1. The lowest BCUT2D eigenvalue weighted by molar-refractivity contribution is -0.140. The van der Waals surface area contributed by atoms with E-state index in [1.54, 1.807) is 23.8 Å². The first kappa shape index (κ1) is 56.1. The maximum Gasteiger partial charge on any atom is 0.248 e. The Balaban J connectivity index is 2.04. The number of hydrogen-bond donors (Lipinski definition) is 9. The Morgan fingerprint density at radius 1 is 0.768 bits per heavy atom. The highest BCUT2D eigenvalue weighted by molar-refractivity contribution is 5.97. The normalized spacial score (nSPS) is 13.3. The topological polar surface area (TPSA) is 292 Å². The van der Waals surface area contributed by atoms with E-state index in [-0.39, 0.29) is 62.6 Å². The fraction of sp³-hybridized carbons (Fsp3) is 0.468. The molecule has 2 aromatic carbocycles. The van der Waals surface area contributed by atoms with Gasteiger partial charge in [0.25, 0.3) is 0 Å². The van der Waals surface area contributed by atoms with Crippen molar-refractivity contribution in [3.63, 3.8) is 0 Å². The van der Waals surface area contributed by atoms with Gasteiger partial charge in [0.1, 0.15) is 42.4 Å². The number of aliphatic hydroxyl groups is 1. The molecule has 69 heavy (non-hydrogen) atoms. The molecule has 0 fully saturated rings. The second kappa shape index (κ2) is 26.3. The van der Waals surface area contributed by atoms with Crippen LogP contribution in [0.1, 0.15) is 85.0 Å². The number of amides is 9. The number of aliphatic hydroxyl groups excluding tert-OH is 1. The van der Waals surface area contributed by atoms with Crippen molar-refractivity contribution in [3.8, 4) is 11.1 Å². The van der Waals surface area contributed by atoms with Crippen LogP contribution in [0.4, 0.5) is 8.78 Å². The minimum absolute atomic E-state index is 0.0500. The van der Waals surface area contributed by atoms with Crippen LogP contribution in [0.25, 0.3) is 11.1 Å². The van der Waals surface area contributed by atoms with Crippen molar-refractivity contribution in [1.29, 1.82) is 0 Å². The highest BCUT2D eigenvalue weighted by Gasteiger charge is 2.38. The Hall–Kier alpha value is -7.23. The van der Waals surface area contributed by atoms with Crippen molar-refractivity contribution in [2.75, 3.05) is 32.8 Å². The Bertz CT molecular complexity index is 2320. The standard InChI is InChI=1S/C47H64F2N10O10/c1-8-39(63)53-23-40(64)51-17-18-52-45(68)35(56-46(69)36(22-38(50)62)57-44(67)28(3)55-43(66)27(2)54-29(4)61)16-19-59(41(65)26-60)42(47(5,6)7)37-20-31(33-21-32(48)14-15-34(33)49)25-58(37)24-30-12-10-9-11-13-30/h9-15,20-21,25,27-28,35-36,42,60H,8,16-19,22-24,26H2,1-7H3,(H2,50,62)(H,51,64)(H,52,68)(H,53,63)(H,54,61)(H,55,66)(H,56,69)(H,57,67)/t27-,28-,35-,36-,42-/m0/s1. The van der Waals surface area contributed by atoms with Crippen molar-refractivity contribution in [2.45, 2.75) is 104 Å². The highest BCUT2D eigenvalue weighted by Crippen LogP contribution is 2.41. The third-order valence-electron chi connectivity index (χ3n) is 10.6. The third kappa shape index (κ3) is 17.7. The smallest absolute Gasteiger partial charge is 0.248 e. The van der Waals surface area contributed by atoms with E-state index in [9.17, 15) is 52.6 Å². The molecule has 0 aliphatic rings. The van der Waals surface area contributed by atoms with Gasteiger partial charge in [-0.15, -0.1) is 0 Å². The molecule has 0 aliphatic heterocycles. The summed E-state index contributed by atoms with van der Waals surface area (Å²) in [6.45, 7) is 9.16. The predicted molar refractivity (Wildman–Crippen MR) is 249 cm³/mol. The number of benzene rings is 2. The number of carbonyl (C=O) groups is 9. The zero-order valence-corrected chi connectivity index (χ0v) is 39.9. The lowest BCUT2D eigenvalue weighted by atomic mass is 9.82. The van der Waals surface area contributed by atoms with Gasteiger partial charge in [-0.25, -0.2) is 8.78 Å². The quantitative estimate of drug-likeness (QED) is 0.0528. The van der Waals surface area contributed by atoms with Gasteiger partial charge in [-0.3, -0.25) is 43.2 Å². The van der Waals surface area contributed by atoms with E-state index in [4.69, 9.17) is 5.73 Å². The van der Waals surface area contributed by atoms with Gasteiger partial charge in [-0.1, -0.05) is 58.0 Å². The molecular weight excluding hydrogens is 903 g/mol. The molecule has 3 rings (SSSR count). The fourth-order valence-corrected chi connectivity index (χ4v) is 7.27. The Morgan fingerprint density at radius 2 is 1.39 bits per heavy atom. The molecule has 0 aliphatic carbocycles. The van der Waals surface area contributed by atoms with E-state index in [1.807, 2.05) is 51.1 Å². The van der Waals surface area contributed by atoms with Gasteiger partial charge in [0.05, 0.1) is 19.0 Å². The van der Waals surface area contributed by atoms with E-state index in [2.05, 4.69) is 37.2 Å². The molecule has 1 heterocycles. The van der Waals surface area contributed by atoms with Crippen LogP contribution in [0.5, 0.6) is 0 Å². The summed E-state index contributed by atoms with van der Waals surface area (Å²) in [5, 5.41) is 27.6. The van der Waals surface area contributed by atoms with E-state index >= 15 is 4.39 Å². The molecule has 0 bridgehead atoms. The first-order valence-electron chi connectivity index (χ1n) is 22.3. The molecule has 0 unspecified atom stereocenters. The van der Waals surface area contributed by atoms with Crippen molar-refractivity contribution in [2.24, 2.45) is 11.1 Å². The van der Waals surface area contributed by atoms with Crippen molar-refractivity contribution in [3.05, 3.63) is 83.7 Å². The average Bonchev–Trinajstić information content (AvgIpc) is 3.69. The highest BCUT2D eigenvalue weighted by atomic mass is 19.1. The van der Waals surface area contributed by atoms with E-state index < -0.39 is 108 Å². The van der Waals surface area contributed by atoms with Crippen LogP contribution in [0.3, 0.4) is 0 Å². The number of rotatable bonds is 25. The zero-order valence-electron chi connectivity index (χ0n) is 39.9. The molecule has 0 saturated carbocycles. The van der Waals surface area contributed by atoms with Gasteiger partial charge < -0.3 is 57.5 Å². The number of nitrogens with one attached hydrogen (secondary N) is 7. The van der Waals surface area contributed by atoms with E-state index in [1.165, 1.54) is 25.7 Å². The summed E-state index contributed by atoms with van der Waals surface area (Å²) in [7, 11) is 0. The number of primary amides is 1. The van der Waals surface area contributed by atoms with Gasteiger partial charge >= 0.3 is 0 Å². The molecule has 9 amide bonds. The lowest BCUT2D eigenvalue weighted by Gasteiger charge is -2.41. The van der Waals surface area contributed by atoms with Gasteiger partial charge in [-0.05, 0) is 55.5 Å². The van der Waals surface area contributed by atoms with Crippen molar-refractivity contribution in [1.82, 2.24) is 46.7 Å². The first-order chi connectivity index (χ1) is 32.4. The maximum atomic E-state index is 15.3. The second-order valence-electron chi connectivity index (χ2n) is 17.4. The average molecular weight is 967 g/mol.